The van der Waals surface area contributed by atoms with E-state index in [1.54, 1.807) is 0 Å². The van der Waals surface area contributed by atoms with E-state index in [1.807, 2.05) is 42.5 Å². The number of benzene rings is 2. The SMILES string of the molecule is Nn1cnnc1SCC(=O)Nc1ccccc1Cc1ccccc1. The zero-order valence-electron chi connectivity index (χ0n) is 12.9. The van der Waals surface area contributed by atoms with Crippen molar-refractivity contribution in [3.63, 3.8) is 0 Å². The van der Waals surface area contributed by atoms with E-state index in [0.717, 1.165) is 17.7 Å². The molecule has 0 unspecified atom stereocenters. The standard InChI is InChI=1S/C17H17N5OS/c18-22-12-19-21-17(22)24-11-16(23)20-15-9-5-4-8-14(15)10-13-6-2-1-3-7-13/h1-9,12H,10-11,18H2,(H,20,23). The van der Waals surface area contributed by atoms with E-state index in [4.69, 9.17) is 5.84 Å². The number of aromatic nitrogens is 3. The van der Waals surface area contributed by atoms with Crippen molar-refractivity contribution in [2.45, 2.75) is 11.6 Å². The van der Waals surface area contributed by atoms with Gasteiger partial charge in [-0.1, -0.05) is 60.3 Å². The molecule has 0 saturated carbocycles. The Labute approximate surface area is 144 Å². The van der Waals surface area contributed by atoms with Crippen molar-refractivity contribution >= 4 is 23.4 Å². The van der Waals surface area contributed by atoms with Gasteiger partial charge in [-0.25, -0.2) is 4.68 Å². The van der Waals surface area contributed by atoms with E-state index in [0.29, 0.717) is 5.16 Å². The lowest BCUT2D eigenvalue weighted by atomic mass is 10.0. The quantitative estimate of drug-likeness (QED) is 0.532. The van der Waals surface area contributed by atoms with Crippen molar-refractivity contribution in [3.8, 4) is 0 Å². The normalized spacial score (nSPS) is 10.5. The summed E-state index contributed by atoms with van der Waals surface area (Å²) in [5, 5.41) is 11.0. The summed E-state index contributed by atoms with van der Waals surface area (Å²) in [4.78, 5) is 12.2. The molecule has 0 spiro atoms. The number of amides is 1. The highest BCUT2D eigenvalue weighted by Gasteiger charge is 2.10. The van der Waals surface area contributed by atoms with E-state index >= 15 is 0 Å². The summed E-state index contributed by atoms with van der Waals surface area (Å²) in [5.41, 5.74) is 3.09. The lowest BCUT2D eigenvalue weighted by Gasteiger charge is -2.11. The molecule has 24 heavy (non-hydrogen) atoms. The third kappa shape index (κ3) is 4.14. The number of nitrogens with one attached hydrogen (secondary N) is 1. The minimum Gasteiger partial charge on any atom is -0.336 e. The zero-order chi connectivity index (χ0) is 16.8. The summed E-state index contributed by atoms with van der Waals surface area (Å²) in [6.07, 6.45) is 2.16. The second-order valence-electron chi connectivity index (χ2n) is 5.18. The van der Waals surface area contributed by atoms with Gasteiger partial charge in [-0.15, -0.1) is 10.2 Å². The van der Waals surface area contributed by atoms with Gasteiger partial charge in [0.1, 0.15) is 6.33 Å². The number of rotatable bonds is 6. The number of hydrogen-bond acceptors (Lipinski definition) is 5. The molecule has 0 aliphatic rings. The average molecular weight is 339 g/mol. The Hall–Kier alpha value is -2.80. The fraction of sp³-hybridized carbons (Fsp3) is 0.118. The van der Waals surface area contributed by atoms with Gasteiger partial charge in [0.05, 0.1) is 5.75 Å². The molecule has 0 aliphatic heterocycles. The highest BCUT2D eigenvalue weighted by atomic mass is 32.2. The number of nitrogen functional groups attached to an aromatic ring is 1. The molecule has 2 aromatic carbocycles. The van der Waals surface area contributed by atoms with Gasteiger partial charge in [0.2, 0.25) is 11.1 Å². The van der Waals surface area contributed by atoms with Gasteiger partial charge in [0.25, 0.3) is 0 Å². The minimum atomic E-state index is -0.108. The molecule has 0 fully saturated rings. The number of carbonyl (C=O) groups excluding carboxylic acids is 1. The molecule has 3 N–H and O–H groups in total. The summed E-state index contributed by atoms with van der Waals surface area (Å²) in [6, 6.07) is 18.0. The second kappa shape index (κ2) is 7.65. The summed E-state index contributed by atoms with van der Waals surface area (Å²) in [7, 11) is 0. The molecule has 0 saturated heterocycles. The Kier molecular flexibility index (Phi) is 5.12. The maximum absolute atomic E-state index is 12.2. The van der Waals surface area contributed by atoms with Crippen LogP contribution in [0.4, 0.5) is 5.69 Å². The van der Waals surface area contributed by atoms with Crippen LogP contribution in [0.25, 0.3) is 0 Å². The number of hydrogen-bond donors (Lipinski definition) is 2. The van der Waals surface area contributed by atoms with Crippen LogP contribution in [0.3, 0.4) is 0 Å². The zero-order valence-corrected chi connectivity index (χ0v) is 13.7. The minimum absolute atomic E-state index is 0.108. The van der Waals surface area contributed by atoms with E-state index in [9.17, 15) is 4.79 Å². The molecule has 0 bridgehead atoms. The van der Waals surface area contributed by atoms with Gasteiger partial charge in [-0.2, -0.15) is 0 Å². The van der Waals surface area contributed by atoms with E-state index < -0.39 is 0 Å². The van der Waals surface area contributed by atoms with Crippen molar-refractivity contribution in [3.05, 3.63) is 72.1 Å². The summed E-state index contributed by atoms with van der Waals surface area (Å²) in [5.74, 6) is 5.74. The molecule has 1 aromatic heterocycles. The van der Waals surface area contributed by atoms with Crippen molar-refractivity contribution in [1.82, 2.24) is 14.9 Å². The van der Waals surface area contributed by atoms with E-state index in [2.05, 4.69) is 27.6 Å². The number of anilines is 1. The van der Waals surface area contributed by atoms with Crippen LogP contribution in [0, 0.1) is 0 Å². The van der Waals surface area contributed by atoms with Crippen LogP contribution in [-0.2, 0) is 11.2 Å². The smallest absolute Gasteiger partial charge is 0.234 e. The van der Waals surface area contributed by atoms with Crippen molar-refractivity contribution in [2.24, 2.45) is 0 Å². The van der Waals surface area contributed by atoms with Crippen LogP contribution >= 0.6 is 11.8 Å². The number of nitrogens with two attached hydrogens (primary N) is 1. The molecule has 3 aromatic rings. The molecular weight excluding hydrogens is 322 g/mol. The van der Waals surface area contributed by atoms with Gasteiger partial charge >= 0.3 is 0 Å². The molecule has 122 valence electrons. The average Bonchev–Trinajstić information content (AvgIpc) is 3.01. The Morgan fingerprint density at radius 2 is 1.88 bits per heavy atom. The molecule has 1 amide bonds. The third-order valence-corrected chi connectivity index (χ3v) is 4.36. The van der Waals surface area contributed by atoms with Crippen LogP contribution in [0.1, 0.15) is 11.1 Å². The molecule has 3 rings (SSSR count). The third-order valence-electron chi connectivity index (χ3n) is 3.40. The van der Waals surface area contributed by atoms with Crippen LogP contribution in [0.2, 0.25) is 0 Å². The number of carbonyl (C=O) groups is 1. The Morgan fingerprint density at radius 1 is 1.12 bits per heavy atom. The van der Waals surface area contributed by atoms with Gasteiger partial charge in [0.15, 0.2) is 0 Å². The highest BCUT2D eigenvalue weighted by molar-refractivity contribution is 7.99. The lowest BCUT2D eigenvalue weighted by Crippen LogP contribution is -2.16. The number of thioether (sulfide) groups is 1. The fourth-order valence-electron chi connectivity index (χ4n) is 2.26. The number of nitrogens with zero attached hydrogens (tertiary/aromatic N) is 3. The first kappa shape index (κ1) is 16.1. The maximum atomic E-state index is 12.2. The van der Waals surface area contributed by atoms with Crippen molar-refractivity contribution < 1.29 is 4.79 Å². The molecule has 0 radical (unpaired) electrons. The van der Waals surface area contributed by atoms with Crippen LogP contribution in [-0.4, -0.2) is 26.5 Å². The molecule has 6 nitrogen and oxygen atoms in total. The highest BCUT2D eigenvalue weighted by Crippen LogP contribution is 2.20. The molecule has 7 heteroatoms. The van der Waals surface area contributed by atoms with E-state index in [-0.39, 0.29) is 11.7 Å². The first-order valence-electron chi connectivity index (χ1n) is 7.42. The van der Waals surface area contributed by atoms with E-state index in [1.165, 1.54) is 28.3 Å². The topological polar surface area (TPSA) is 85.8 Å². The molecule has 0 atom stereocenters. The Balaban J connectivity index is 1.64. The van der Waals surface area contributed by atoms with Crippen LogP contribution < -0.4 is 11.2 Å². The lowest BCUT2D eigenvalue weighted by molar-refractivity contribution is -0.113. The maximum Gasteiger partial charge on any atom is 0.234 e. The fourth-order valence-corrected chi connectivity index (χ4v) is 2.90. The first-order valence-corrected chi connectivity index (χ1v) is 8.40. The van der Waals surface area contributed by atoms with Crippen molar-refractivity contribution in [1.29, 1.82) is 0 Å². The first-order chi connectivity index (χ1) is 11.7. The second-order valence-corrected chi connectivity index (χ2v) is 6.12. The predicted octanol–water partition coefficient (Wildman–Crippen LogP) is 2.31. The molecular formula is C17H17N5OS. The largest absolute Gasteiger partial charge is 0.336 e. The monoisotopic (exact) mass is 339 g/mol. The van der Waals surface area contributed by atoms with Gasteiger partial charge < -0.3 is 11.2 Å². The van der Waals surface area contributed by atoms with Gasteiger partial charge in [-0.05, 0) is 23.6 Å². The molecule has 0 aliphatic carbocycles. The summed E-state index contributed by atoms with van der Waals surface area (Å²) < 4.78 is 1.29. The summed E-state index contributed by atoms with van der Waals surface area (Å²) >= 11 is 1.24. The molecule has 1 heterocycles. The number of para-hydroxylation sites is 1. The van der Waals surface area contributed by atoms with Crippen LogP contribution in [0.15, 0.2) is 66.1 Å². The van der Waals surface area contributed by atoms with Crippen molar-refractivity contribution in [2.75, 3.05) is 16.9 Å². The predicted molar refractivity (Wildman–Crippen MR) is 95.2 cm³/mol. The van der Waals surface area contributed by atoms with Crippen LogP contribution in [0.5, 0.6) is 0 Å². The van der Waals surface area contributed by atoms with Gasteiger partial charge in [-0.3, -0.25) is 4.79 Å². The Bertz CT molecular complexity index is 819. The van der Waals surface area contributed by atoms with Gasteiger partial charge in [0, 0.05) is 5.69 Å². The Morgan fingerprint density at radius 3 is 2.62 bits per heavy atom. The summed E-state index contributed by atoms with van der Waals surface area (Å²) in [6.45, 7) is 0.